The standard InChI is InChI=1S/C26H28O4SSi/c1-6-30-31(27,28)24-16-12-18-9-7-8-10-21(18)26(24)25-22-14-13-20(32(3,4)5)17-19(22)11-15-23(25)29-2/h7-17H,6H2,1-5H3. The van der Waals surface area contributed by atoms with Crippen LogP contribution in [0.3, 0.4) is 0 Å². The quantitative estimate of drug-likeness (QED) is 0.262. The van der Waals surface area contributed by atoms with Gasteiger partial charge in [-0.2, -0.15) is 8.42 Å². The zero-order chi connectivity index (χ0) is 23.1. The Kier molecular flexibility index (Phi) is 5.88. The molecule has 4 aromatic rings. The maximum absolute atomic E-state index is 13.1. The van der Waals surface area contributed by atoms with Crippen LogP contribution < -0.4 is 9.92 Å². The van der Waals surface area contributed by atoms with Gasteiger partial charge in [0, 0.05) is 11.1 Å². The molecule has 166 valence electrons. The Bertz CT molecular complexity index is 1420. The molecule has 4 nitrogen and oxygen atoms in total. The number of ether oxygens (including phenoxy) is 1. The van der Waals surface area contributed by atoms with E-state index in [0.29, 0.717) is 11.3 Å². The van der Waals surface area contributed by atoms with E-state index in [1.165, 1.54) is 5.19 Å². The average Bonchev–Trinajstić information content (AvgIpc) is 2.76. The van der Waals surface area contributed by atoms with Crippen LogP contribution in [0.4, 0.5) is 0 Å². The molecule has 0 amide bonds. The number of hydrogen-bond donors (Lipinski definition) is 0. The number of benzene rings is 4. The third kappa shape index (κ3) is 3.94. The second kappa shape index (κ2) is 8.35. The molecule has 0 radical (unpaired) electrons. The molecule has 0 atom stereocenters. The summed E-state index contributed by atoms with van der Waals surface area (Å²) in [5.74, 6) is 0.627. The molecule has 0 aliphatic heterocycles. The van der Waals surface area contributed by atoms with Crippen LogP contribution in [0.2, 0.25) is 19.6 Å². The van der Waals surface area contributed by atoms with Gasteiger partial charge in [-0.1, -0.05) is 79.4 Å². The van der Waals surface area contributed by atoms with Crippen LogP contribution in [0.15, 0.2) is 71.6 Å². The normalized spacial score (nSPS) is 12.4. The van der Waals surface area contributed by atoms with E-state index in [-0.39, 0.29) is 11.5 Å². The van der Waals surface area contributed by atoms with Crippen LogP contribution >= 0.6 is 0 Å². The molecule has 0 aliphatic carbocycles. The average molecular weight is 465 g/mol. The van der Waals surface area contributed by atoms with Crippen molar-refractivity contribution in [3.05, 3.63) is 66.7 Å². The molecule has 0 heterocycles. The first kappa shape index (κ1) is 22.5. The van der Waals surface area contributed by atoms with Gasteiger partial charge in [0.05, 0.1) is 21.8 Å². The maximum atomic E-state index is 13.1. The van der Waals surface area contributed by atoms with E-state index in [1.807, 2.05) is 42.5 Å². The van der Waals surface area contributed by atoms with Gasteiger partial charge in [0.15, 0.2) is 0 Å². The summed E-state index contributed by atoms with van der Waals surface area (Å²) in [6.45, 7) is 8.69. The molecule has 0 unspecified atom stereocenters. The van der Waals surface area contributed by atoms with Crippen LogP contribution in [0.1, 0.15) is 6.92 Å². The third-order valence-corrected chi connectivity index (χ3v) is 9.22. The molecule has 0 fully saturated rings. The van der Waals surface area contributed by atoms with E-state index in [2.05, 4.69) is 37.8 Å². The molecule has 4 rings (SSSR count). The van der Waals surface area contributed by atoms with Crippen molar-refractivity contribution in [1.82, 2.24) is 0 Å². The molecule has 0 spiro atoms. The van der Waals surface area contributed by atoms with Crippen molar-refractivity contribution in [2.75, 3.05) is 13.7 Å². The van der Waals surface area contributed by atoms with Gasteiger partial charge in [-0.25, -0.2) is 0 Å². The Labute approximate surface area is 190 Å². The fourth-order valence-corrected chi connectivity index (χ4v) is 6.45. The fraction of sp³-hybridized carbons (Fsp3) is 0.231. The van der Waals surface area contributed by atoms with Gasteiger partial charge in [-0.05, 0) is 40.6 Å². The van der Waals surface area contributed by atoms with E-state index in [4.69, 9.17) is 8.92 Å². The predicted molar refractivity (Wildman–Crippen MR) is 135 cm³/mol. The highest BCUT2D eigenvalue weighted by atomic mass is 32.2. The Balaban J connectivity index is 2.17. The van der Waals surface area contributed by atoms with E-state index < -0.39 is 18.2 Å². The van der Waals surface area contributed by atoms with E-state index in [0.717, 1.165) is 27.1 Å². The minimum Gasteiger partial charge on any atom is -0.496 e. The molecule has 4 aromatic carbocycles. The largest absolute Gasteiger partial charge is 0.496 e. The van der Waals surface area contributed by atoms with Crippen molar-refractivity contribution >= 4 is 44.9 Å². The Hall–Kier alpha value is -2.67. The number of methoxy groups -OCH3 is 1. The second-order valence-electron chi connectivity index (χ2n) is 8.85. The minimum atomic E-state index is -3.95. The zero-order valence-electron chi connectivity index (χ0n) is 19.1. The lowest BCUT2D eigenvalue weighted by molar-refractivity contribution is 0.338. The Morgan fingerprint density at radius 1 is 0.812 bits per heavy atom. The van der Waals surface area contributed by atoms with Crippen molar-refractivity contribution in [2.45, 2.75) is 31.5 Å². The molecular weight excluding hydrogens is 436 g/mol. The molecule has 6 heteroatoms. The Morgan fingerprint density at radius 3 is 2.19 bits per heavy atom. The van der Waals surface area contributed by atoms with Crippen LogP contribution in [-0.4, -0.2) is 30.2 Å². The van der Waals surface area contributed by atoms with Crippen LogP contribution in [-0.2, 0) is 14.3 Å². The van der Waals surface area contributed by atoms with Gasteiger partial charge < -0.3 is 4.74 Å². The summed E-state index contributed by atoms with van der Waals surface area (Å²) in [6, 6.07) is 21.7. The summed E-state index contributed by atoms with van der Waals surface area (Å²) < 4.78 is 37.2. The third-order valence-electron chi connectivity index (χ3n) is 5.75. The molecule has 0 saturated carbocycles. The molecule has 0 aromatic heterocycles. The van der Waals surface area contributed by atoms with Gasteiger partial charge in [0.2, 0.25) is 0 Å². The first-order valence-electron chi connectivity index (χ1n) is 10.7. The Morgan fingerprint density at radius 2 is 1.50 bits per heavy atom. The highest BCUT2D eigenvalue weighted by Crippen LogP contribution is 2.44. The number of fused-ring (bicyclic) bond motifs is 2. The lowest BCUT2D eigenvalue weighted by Crippen LogP contribution is -2.37. The minimum absolute atomic E-state index is 0.0703. The van der Waals surface area contributed by atoms with E-state index in [9.17, 15) is 8.42 Å². The molecule has 0 aliphatic rings. The van der Waals surface area contributed by atoms with Crippen LogP contribution in [0.25, 0.3) is 32.7 Å². The summed E-state index contributed by atoms with van der Waals surface area (Å²) in [7, 11) is -3.85. The van der Waals surface area contributed by atoms with Gasteiger partial charge >= 0.3 is 0 Å². The summed E-state index contributed by atoms with van der Waals surface area (Å²) in [6.07, 6.45) is 0. The lowest BCUT2D eigenvalue weighted by atomic mass is 9.93. The van der Waals surface area contributed by atoms with E-state index >= 15 is 0 Å². The number of rotatable bonds is 6. The maximum Gasteiger partial charge on any atom is 0.297 e. The number of hydrogen-bond acceptors (Lipinski definition) is 4. The van der Waals surface area contributed by atoms with Crippen molar-refractivity contribution in [2.24, 2.45) is 0 Å². The molecule has 0 saturated heterocycles. The van der Waals surface area contributed by atoms with Crippen molar-refractivity contribution < 1.29 is 17.3 Å². The molecular formula is C26H28O4SSi. The van der Waals surface area contributed by atoms with Crippen LogP contribution in [0.5, 0.6) is 5.75 Å². The molecule has 0 bridgehead atoms. The summed E-state index contributed by atoms with van der Waals surface area (Å²) >= 11 is 0. The second-order valence-corrected chi connectivity index (χ2v) is 15.5. The molecule has 32 heavy (non-hydrogen) atoms. The SMILES string of the molecule is CCOS(=O)(=O)c1ccc2ccccc2c1-c1c(OC)ccc2cc([Si](C)(C)C)ccc12. The fourth-order valence-electron chi connectivity index (χ4n) is 4.14. The van der Waals surface area contributed by atoms with Gasteiger partial charge in [0.1, 0.15) is 10.6 Å². The van der Waals surface area contributed by atoms with Crippen LogP contribution in [0, 0.1) is 0 Å². The van der Waals surface area contributed by atoms with Crippen molar-refractivity contribution in [3.63, 3.8) is 0 Å². The molecule has 0 N–H and O–H groups in total. The van der Waals surface area contributed by atoms with E-state index in [1.54, 1.807) is 20.1 Å². The summed E-state index contributed by atoms with van der Waals surface area (Å²) in [5, 5.41) is 5.16. The smallest absolute Gasteiger partial charge is 0.297 e. The van der Waals surface area contributed by atoms with Crippen molar-refractivity contribution in [1.29, 1.82) is 0 Å². The first-order chi connectivity index (χ1) is 15.2. The van der Waals surface area contributed by atoms with Crippen molar-refractivity contribution in [3.8, 4) is 16.9 Å². The predicted octanol–water partition coefficient (Wildman–Crippen LogP) is 5.94. The van der Waals surface area contributed by atoms with Gasteiger partial charge in [0.25, 0.3) is 10.1 Å². The van der Waals surface area contributed by atoms with Gasteiger partial charge in [-0.3, -0.25) is 4.18 Å². The first-order valence-corrected chi connectivity index (χ1v) is 15.6. The monoisotopic (exact) mass is 464 g/mol. The zero-order valence-corrected chi connectivity index (χ0v) is 20.9. The van der Waals surface area contributed by atoms with Gasteiger partial charge in [-0.15, -0.1) is 0 Å². The topological polar surface area (TPSA) is 52.6 Å². The summed E-state index contributed by atoms with van der Waals surface area (Å²) in [5.41, 5.74) is 1.38. The summed E-state index contributed by atoms with van der Waals surface area (Å²) in [4.78, 5) is 0.151. The highest BCUT2D eigenvalue weighted by Gasteiger charge is 2.26. The highest BCUT2D eigenvalue weighted by molar-refractivity contribution is 7.87. The lowest BCUT2D eigenvalue weighted by Gasteiger charge is -2.21.